The summed E-state index contributed by atoms with van der Waals surface area (Å²) in [6.07, 6.45) is 4.81. The Kier molecular flexibility index (Phi) is 4.17. The number of rotatable bonds is 3. The highest BCUT2D eigenvalue weighted by Gasteiger charge is 2.34. The molecule has 26 heavy (non-hydrogen) atoms. The van der Waals surface area contributed by atoms with Crippen LogP contribution in [-0.2, 0) is 11.3 Å². The number of carbonyl (C=O) groups excluding carboxylic acids is 2. The molecule has 0 radical (unpaired) electrons. The summed E-state index contributed by atoms with van der Waals surface area (Å²) in [7, 11) is 0. The Labute approximate surface area is 151 Å². The lowest BCUT2D eigenvalue weighted by Gasteiger charge is -2.35. The molecule has 1 saturated carbocycles. The van der Waals surface area contributed by atoms with E-state index >= 15 is 0 Å². The molecule has 2 amide bonds. The van der Waals surface area contributed by atoms with Crippen molar-refractivity contribution in [3.05, 3.63) is 53.3 Å². The number of hydrogen-bond donors (Lipinski definition) is 1. The van der Waals surface area contributed by atoms with Crippen molar-refractivity contribution < 1.29 is 9.59 Å². The summed E-state index contributed by atoms with van der Waals surface area (Å²) >= 11 is 0. The van der Waals surface area contributed by atoms with Crippen molar-refractivity contribution in [2.45, 2.75) is 37.9 Å². The second-order valence-corrected chi connectivity index (χ2v) is 6.80. The van der Waals surface area contributed by atoms with Crippen molar-refractivity contribution in [2.75, 3.05) is 6.54 Å². The van der Waals surface area contributed by atoms with Crippen LogP contribution in [0.5, 0.6) is 0 Å². The highest BCUT2D eigenvalue weighted by atomic mass is 16.2. The van der Waals surface area contributed by atoms with E-state index in [9.17, 15) is 9.59 Å². The van der Waals surface area contributed by atoms with Crippen LogP contribution >= 0.6 is 0 Å². The molecule has 132 valence electrons. The smallest absolute Gasteiger partial charge is 0.254 e. The number of fused-ring (bicyclic) bond motifs is 1. The van der Waals surface area contributed by atoms with E-state index in [1.807, 2.05) is 12.1 Å². The molecule has 0 saturated heterocycles. The number of nitrogens with one attached hydrogen (secondary N) is 1. The van der Waals surface area contributed by atoms with Crippen LogP contribution in [0.2, 0.25) is 0 Å². The molecule has 1 aliphatic heterocycles. The maximum absolute atomic E-state index is 12.9. The van der Waals surface area contributed by atoms with Gasteiger partial charge in [0.2, 0.25) is 5.91 Å². The number of nitriles is 1. The van der Waals surface area contributed by atoms with E-state index in [2.05, 4.69) is 10.4 Å². The van der Waals surface area contributed by atoms with Crippen LogP contribution in [0.4, 0.5) is 0 Å². The molecule has 7 nitrogen and oxygen atoms in total. The zero-order valence-corrected chi connectivity index (χ0v) is 14.3. The maximum Gasteiger partial charge on any atom is 0.254 e. The van der Waals surface area contributed by atoms with Crippen molar-refractivity contribution in [3.63, 3.8) is 0 Å². The molecule has 0 unspecified atom stereocenters. The van der Waals surface area contributed by atoms with Gasteiger partial charge in [-0.1, -0.05) is 6.07 Å². The molecule has 2 aromatic rings. The Morgan fingerprint density at radius 3 is 2.85 bits per heavy atom. The predicted molar refractivity (Wildman–Crippen MR) is 92.9 cm³/mol. The fourth-order valence-corrected chi connectivity index (χ4v) is 3.40. The number of hydrogen-bond acceptors (Lipinski definition) is 4. The minimum atomic E-state index is -0.530. The average molecular weight is 349 g/mol. The van der Waals surface area contributed by atoms with Gasteiger partial charge >= 0.3 is 0 Å². The van der Waals surface area contributed by atoms with E-state index in [1.165, 1.54) is 0 Å². The molecule has 2 aliphatic rings. The number of nitrogens with zero attached hydrogens (tertiary/aromatic N) is 4. The van der Waals surface area contributed by atoms with E-state index in [4.69, 9.17) is 5.26 Å². The third-order valence-corrected chi connectivity index (χ3v) is 5.07. The van der Waals surface area contributed by atoms with Crippen molar-refractivity contribution in [1.82, 2.24) is 20.0 Å². The van der Waals surface area contributed by atoms with Crippen LogP contribution in [0.25, 0.3) is 0 Å². The molecule has 1 N–H and O–H groups in total. The summed E-state index contributed by atoms with van der Waals surface area (Å²) in [5.41, 5.74) is 1.72. The lowest BCUT2D eigenvalue weighted by atomic mass is 9.93. The number of carbonyl (C=O) groups is 2. The molecule has 1 aromatic carbocycles. The first kappa shape index (κ1) is 16.3. The van der Waals surface area contributed by atoms with Gasteiger partial charge in [0.05, 0.1) is 30.4 Å². The van der Waals surface area contributed by atoms with Gasteiger partial charge in [0.1, 0.15) is 6.04 Å². The predicted octanol–water partition coefficient (Wildman–Crippen LogP) is 1.62. The average Bonchev–Trinajstić information content (AvgIpc) is 3.11. The van der Waals surface area contributed by atoms with Crippen LogP contribution in [0, 0.1) is 11.3 Å². The Bertz CT molecular complexity index is 893. The maximum atomic E-state index is 12.9. The van der Waals surface area contributed by atoms with Crippen LogP contribution in [0.3, 0.4) is 0 Å². The van der Waals surface area contributed by atoms with E-state index in [0.29, 0.717) is 17.7 Å². The second kappa shape index (κ2) is 6.64. The molecule has 1 aromatic heterocycles. The van der Waals surface area contributed by atoms with E-state index < -0.39 is 6.04 Å². The first-order chi connectivity index (χ1) is 12.7. The fourth-order valence-electron chi connectivity index (χ4n) is 3.40. The molecule has 1 fully saturated rings. The van der Waals surface area contributed by atoms with Gasteiger partial charge in [-0.15, -0.1) is 0 Å². The van der Waals surface area contributed by atoms with E-state index in [0.717, 1.165) is 25.0 Å². The third-order valence-electron chi connectivity index (χ3n) is 5.07. The zero-order chi connectivity index (χ0) is 18.1. The zero-order valence-electron chi connectivity index (χ0n) is 14.3. The number of benzene rings is 1. The highest BCUT2D eigenvalue weighted by molar-refractivity contribution is 5.95. The molecule has 0 spiro atoms. The topological polar surface area (TPSA) is 91.0 Å². The van der Waals surface area contributed by atoms with Crippen LogP contribution in [0.1, 0.15) is 46.9 Å². The molecule has 1 aliphatic carbocycles. The minimum absolute atomic E-state index is 0.0945. The minimum Gasteiger partial charge on any atom is -0.351 e. The van der Waals surface area contributed by atoms with Gasteiger partial charge in [-0.05, 0) is 43.5 Å². The Morgan fingerprint density at radius 2 is 2.12 bits per heavy atom. The third kappa shape index (κ3) is 2.94. The lowest BCUT2D eigenvalue weighted by molar-refractivity contribution is -0.126. The lowest BCUT2D eigenvalue weighted by Crippen LogP contribution is -2.50. The van der Waals surface area contributed by atoms with Gasteiger partial charge in [0, 0.05) is 17.8 Å². The van der Waals surface area contributed by atoms with E-state index in [-0.39, 0.29) is 24.4 Å². The fraction of sp³-hybridized carbons (Fsp3) is 0.368. The van der Waals surface area contributed by atoms with E-state index in [1.54, 1.807) is 40.0 Å². The second-order valence-electron chi connectivity index (χ2n) is 6.80. The molecular formula is C19H19N5O2. The summed E-state index contributed by atoms with van der Waals surface area (Å²) in [5, 5.41) is 16.4. The van der Waals surface area contributed by atoms with Gasteiger partial charge < -0.3 is 10.2 Å². The summed E-state index contributed by atoms with van der Waals surface area (Å²) < 4.78 is 1.71. The number of aromatic nitrogens is 2. The monoisotopic (exact) mass is 349 g/mol. The molecule has 4 rings (SSSR count). The van der Waals surface area contributed by atoms with Crippen molar-refractivity contribution >= 4 is 11.8 Å². The van der Waals surface area contributed by atoms with Crippen molar-refractivity contribution in [2.24, 2.45) is 0 Å². The Hall–Kier alpha value is -3.14. The van der Waals surface area contributed by atoms with Crippen LogP contribution in [-0.4, -0.2) is 39.1 Å². The molecule has 0 bridgehead atoms. The van der Waals surface area contributed by atoms with Gasteiger partial charge in [0.25, 0.3) is 5.91 Å². The van der Waals surface area contributed by atoms with Crippen LogP contribution < -0.4 is 5.32 Å². The summed E-state index contributed by atoms with van der Waals surface area (Å²) in [6.45, 7) is 0.658. The molecule has 1 atom stereocenters. The summed E-state index contributed by atoms with van der Waals surface area (Å²) in [6, 6.07) is 10.2. The standard InChI is InChI=1S/C19H19N5O2/c20-10-13-3-1-4-14(9-13)19(26)23-11-16-7-8-21-24(16)17(12-23)18(25)22-15-5-2-6-15/h1,3-4,7-9,15,17H,2,5-6,11-12H2,(H,22,25)/t17-/m0/s1. The highest BCUT2D eigenvalue weighted by Crippen LogP contribution is 2.24. The van der Waals surface area contributed by atoms with Crippen molar-refractivity contribution in [3.8, 4) is 6.07 Å². The molecule has 2 heterocycles. The van der Waals surface area contributed by atoms with Gasteiger partial charge in [-0.3, -0.25) is 14.3 Å². The summed E-state index contributed by atoms with van der Waals surface area (Å²) in [5.74, 6) is -0.279. The first-order valence-electron chi connectivity index (χ1n) is 8.78. The number of amides is 2. The normalized spacial score (nSPS) is 19.2. The largest absolute Gasteiger partial charge is 0.351 e. The Morgan fingerprint density at radius 1 is 1.27 bits per heavy atom. The van der Waals surface area contributed by atoms with Gasteiger partial charge in [-0.2, -0.15) is 10.4 Å². The van der Waals surface area contributed by atoms with Gasteiger partial charge in [-0.25, -0.2) is 0 Å². The summed E-state index contributed by atoms with van der Waals surface area (Å²) in [4.78, 5) is 27.3. The van der Waals surface area contributed by atoms with Gasteiger partial charge in [0.15, 0.2) is 0 Å². The molecular weight excluding hydrogens is 330 g/mol. The van der Waals surface area contributed by atoms with Crippen molar-refractivity contribution in [1.29, 1.82) is 5.26 Å². The first-order valence-corrected chi connectivity index (χ1v) is 8.78. The Balaban J connectivity index is 1.57. The molecule has 7 heteroatoms. The van der Waals surface area contributed by atoms with Crippen LogP contribution in [0.15, 0.2) is 36.5 Å². The SMILES string of the molecule is N#Cc1cccc(C(=O)N2Cc3ccnn3[C@H](C(=O)NC3CCC3)C2)c1. The quantitative estimate of drug-likeness (QED) is 0.911.